The average molecular weight is 578 g/mol. The molecule has 118 valence electrons. The second-order valence-electron chi connectivity index (χ2n) is 4.11. The van der Waals surface area contributed by atoms with Crippen molar-refractivity contribution in [2.24, 2.45) is 0 Å². The summed E-state index contributed by atoms with van der Waals surface area (Å²) in [6.07, 6.45) is 0. The lowest BCUT2D eigenvalue weighted by Crippen LogP contribution is -2.04. The molecule has 8 heteroatoms. The maximum atomic E-state index is 12.8. The first-order chi connectivity index (χ1) is 10.4. The van der Waals surface area contributed by atoms with Gasteiger partial charge in [0.25, 0.3) is 0 Å². The minimum atomic E-state index is -1.34. The van der Waals surface area contributed by atoms with Crippen LogP contribution in [0.1, 0.15) is 0 Å². The molecule has 0 amide bonds. The van der Waals surface area contributed by atoms with Gasteiger partial charge in [-0.3, -0.25) is 0 Å². The Morgan fingerprint density at radius 3 is 1.23 bits per heavy atom. The highest BCUT2D eigenvalue weighted by atomic mass is 79.9. The highest BCUT2D eigenvalue weighted by Gasteiger charge is 2.22. The Hall–Kier alpha value is 0.270. The highest BCUT2D eigenvalue weighted by molar-refractivity contribution is 9.11. The summed E-state index contributed by atoms with van der Waals surface area (Å²) >= 11 is 12.4. The van der Waals surface area contributed by atoms with Gasteiger partial charge in [-0.15, -0.1) is 0 Å². The molecule has 0 unspecified atom stereocenters. The molecular formula is C14H10Br4O3S. The Balaban J connectivity index is 2.46. The summed E-state index contributed by atoms with van der Waals surface area (Å²) in [5.41, 5.74) is 0. The SMILES string of the molecule is COc1c(Br)cc([S+]([O-])c2cc(Br)c(OC)c(Br)c2)cc1Br. The number of hydrogen-bond donors (Lipinski definition) is 0. The van der Waals surface area contributed by atoms with Crippen LogP contribution in [0.4, 0.5) is 0 Å². The van der Waals surface area contributed by atoms with Gasteiger partial charge in [-0.05, 0) is 63.7 Å². The predicted molar refractivity (Wildman–Crippen MR) is 101 cm³/mol. The van der Waals surface area contributed by atoms with Crippen LogP contribution in [0.3, 0.4) is 0 Å². The number of rotatable bonds is 4. The van der Waals surface area contributed by atoms with Crippen molar-refractivity contribution in [2.45, 2.75) is 9.79 Å². The number of hydrogen-bond acceptors (Lipinski definition) is 3. The van der Waals surface area contributed by atoms with E-state index in [0.717, 1.165) is 17.9 Å². The van der Waals surface area contributed by atoms with Gasteiger partial charge in [-0.1, -0.05) is 0 Å². The molecule has 0 bridgehead atoms. The fraction of sp³-hybridized carbons (Fsp3) is 0.143. The van der Waals surface area contributed by atoms with Crippen molar-refractivity contribution in [3.8, 4) is 11.5 Å². The van der Waals surface area contributed by atoms with E-state index in [-0.39, 0.29) is 0 Å². The van der Waals surface area contributed by atoms with Crippen LogP contribution < -0.4 is 9.47 Å². The van der Waals surface area contributed by atoms with Crippen molar-refractivity contribution < 1.29 is 14.0 Å². The number of halogens is 4. The predicted octanol–water partition coefficient (Wildman–Crippen LogP) is 5.92. The highest BCUT2D eigenvalue weighted by Crippen LogP contribution is 2.40. The van der Waals surface area contributed by atoms with Crippen LogP contribution in [0.5, 0.6) is 11.5 Å². The maximum Gasteiger partial charge on any atom is 0.160 e. The van der Waals surface area contributed by atoms with Crippen LogP contribution in [0, 0.1) is 0 Å². The summed E-state index contributed by atoms with van der Waals surface area (Å²) in [6, 6.07) is 7.13. The fourth-order valence-electron chi connectivity index (χ4n) is 1.81. The number of ether oxygens (including phenoxy) is 2. The number of benzene rings is 2. The number of methoxy groups -OCH3 is 2. The van der Waals surface area contributed by atoms with E-state index < -0.39 is 11.2 Å². The zero-order valence-electron chi connectivity index (χ0n) is 11.5. The average Bonchev–Trinajstić information content (AvgIpc) is 2.45. The minimum absolute atomic E-state index is 0.656. The first-order valence-electron chi connectivity index (χ1n) is 5.86. The molecule has 0 aliphatic carbocycles. The van der Waals surface area contributed by atoms with Gasteiger partial charge in [0, 0.05) is 35.4 Å². The van der Waals surface area contributed by atoms with Gasteiger partial charge in [0.05, 0.1) is 32.1 Å². The van der Waals surface area contributed by atoms with Crippen LogP contribution in [-0.4, -0.2) is 18.8 Å². The van der Waals surface area contributed by atoms with Crippen molar-refractivity contribution in [1.82, 2.24) is 0 Å². The monoisotopic (exact) mass is 574 g/mol. The van der Waals surface area contributed by atoms with Gasteiger partial charge in [0.15, 0.2) is 9.79 Å². The van der Waals surface area contributed by atoms with Crippen molar-refractivity contribution >= 4 is 74.9 Å². The molecule has 2 aromatic rings. The summed E-state index contributed by atoms with van der Waals surface area (Å²) < 4.78 is 26.3. The molecule has 0 atom stereocenters. The van der Waals surface area contributed by atoms with E-state index in [2.05, 4.69) is 63.7 Å². The van der Waals surface area contributed by atoms with Gasteiger partial charge in [0.2, 0.25) is 0 Å². The van der Waals surface area contributed by atoms with Crippen molar-refractivity contribution in [3.63, 3.8) is 0 Å². The first kappa shape index (κ1) is 18.6. The second kappa shape index (κ2) is 7.90. The molecule has 3 nitrogen and oxygen atoms in total. The third-order valence-electron chi connectivity index (χ3n) is 2.78. The van der Waals surface area contributed by atoms with Crippen LogP contribution in [-0.2, 0) is 11.2 Å². The van der Waals surface area contributed by atoms with Gasteiger partial charge in [0.1, 0.15) is 11.5 Å². The Morgan fingerprint density at radius 1 is 0.727 bits per heavy atom. The summed E-state index contributed by atoms with van der Waals surface area (Å²) in [4.78, 5) is 1.31. The summed E-state index contributed by atoms with van der Waals surface area (Å²) in [6.45, 7) is 0. The molecule has 0 saturated carbocycles. The lowest BCUT2D eigenvalue weighted by molar-refractivity contribution is 0.409. The molecule has 0 radical (unpaired) electrons. The maximum absolute atomic E-state index is 12.8. The molecule has 0 N–H and O–H groups in total. The quantitative estimate of drug-likeness (QED) is 0.424. The van der Waals surface area contributed by atoms with Crippen LogP contribution in [0.2, 0.25) is 0 Å². The standard InChI is InChI=1S/C14H10Br4O3S/c1-20-13-9(15)3-7(4-10(13)16)22(19)8-5-11(17)14(21-2)12(18)6-8/h3-6H,1-2H3. The summed E-state index contributed by atoms with van der Waals surface area (Å²) in [7, 11) is 3.17. The Morgan fingerprint density at radius 2 is 1.00 bits per heavy atom. The molecule has 0 aromatic heterocycles. The van der Waals surface area contributed by atoms with Gasteiger partial charge in [-0.2, -0.15) is 0 Å². The zero-order chi connectivity index (χ0) is 16.4. The topological polar surface area (TPSA) is 41.5 Å². The van der Waals surface area contributed by atoms with Gasteiger partial charge in [-0.25, -0.2) is 0 Å². The summed E-state index contributed by atoms with van der Waals surface area (Å²) in [5.74, 6) is 1.33. The lowest BCUT2D eigenvalue weighted by atomic mass is 10.3. The Bertz CT molecular complexity index is 603. The van der Waals surface area contributed by atoms with Gasteiger partial charge < -0.3 is 14.0 Å². The lowest BCUT2D eigenvalue weighted by Gasteiger charge is -2.14. The van der Waals surface area contributed by atoms with Crippen molar-refractivity contribution in [3.05, 3.63) is 42.2 Å². The summed E-state index contributed by atoms with van der Waals surface area (Å²) in [5, 5.41) is 0. The Labute approximate surface area is 165 Å². The molecule has 0 aliphatic rings. The van der Waals surface area contributed by atoms with E-state index in [1.807, 2.05) is 0 Å². The van der Waals surface area contributed by atoms with E-state index in [4.69, 9.17) is 9.47 Å². The normalized spacial score (nSPS) is 10.9. The van der Waals surface area contributed by atoms with Crippen LogP contribution in [0.15, 0.2) is 51.9 Å². The molecule has 22 heavy (non-hydrogen) atoms. The largest absolute Gasteiger partial charge is 0.606 e. The first-order valence-corrected chi connectivity index (χ1v) is 10.2. The second-order valence-corrected chi connectivity index (χ2v) is 9.01. The van der Waals surface area contributed by atoms with E-state index >= 15 is 0 Å². The zero-order valence-corrected chi connectivity index (χ0v) is 18.6. The third kappa shape index (κ3) is 3.84. The molecule has 0 aliphatic heterocycles. The van der Waals surface area contributed by atoms with E-state index in [0.29, 0.717) is 21.3 Å². The van der Waals surface area contributed by atoms with E-state index in [1.165, 1.54) is 0 Å². The van der Waals surface area contributed by atoms with E-state index in [1.54, 1.807) is 38.5 Å². The van der Waals surface area contributed by atoms with E-state index in [9.17, 15) is 4.55 Å². The molecule has 0 fully saturated rings. The van der Waals surface area contributed by atoms with Crippen molar-refractivity contribution in [1.29, 1.82) is 0 Å². The third-order valence-corrected chi connectivity index (χ3v) is 6.46. The fourth-order valence-corrected chi connectivity index (χ4v) is 6.61. The van der Waals surface area contributed by atoms with Crippen LogP contribution in [0.25, 0.3) is 0 Å². The molecule has 0 heterocycles. The molecule has 2 aromatic carbocycles. The van der Waals surface area contributed by atoms with Crippen molar-refractivity contribution in [2.75, 3.05) is 14.2 Å². The molecule has 0 spiro atoms. The van der Waals surface area contributed by atoms with Crippen LogP contribution >= 0.6 is 63.7 Å². The molecule has 0 saturated heterocycles. The smallest absolute Gasteiger partial charge is 0.160 e. The van der Waals surface area contributed by atoms with Gasteiger partial charge >= 0.3 is 0 Å². The molecular weight excluding hydrogens is 568 g/mol. The molecule has 2 rings (SSSR count). The minimum Gasteiger partial charge on any atom is -0.606 e. The Kier molecular flexibility index (Phi) is 6.68.